The van der Waals surface area contributed by atoms with Crippen molar-refractivity contribution in [1.29, 1.82) is 0 Å². The molecule has 0 unspecified atom stereocenters. The number of quaternary nitrogens is 1. The Kier molecular flexibility index (Phi) is 10.5. The lowest BCUT2D eigenvalue weighted by molar-refractivity contribution is -0.890. The average Bonchev–Trinajstić information content (AvgIpc) is 2.29. The molecule has 0 bridgehead atoms. The van der Waals surface area contributed by atoms with Gasteiger partial charge in [0.1, 0.15) is 0 Å². The predicted molar refractivity (Wildman–Crippen MR) is 79.8 cm³/mol. The van der Waals surface area contributed by atoms with Gasteiger partial charge in [0.15, 0.2) is 0 Å². The zero-order valence-corrected chi connectivity index (χ0v) is 13.9. The van der Waals surface area contributed by atoms with Gasteiger partial charge in [0.05, 0.1) is 39.5 Å². The van der Waals surface area contributed by atoms with Crippen molar-refractivity contribution in [1.82, 2.24) is 0 Å². The molecule has 21 heavy (non-hydrogen) atoms. The third kappa shape index (κ3) is 13.8. The predicted octanol–water partition coefficient (Wildman–Crippen LogP) is 1.06. The summed E-state index contributed by atoms with van der Waals surface area (Å²) >= 11 is 0. The Labute approximate surface area is 127 Å². The van der Waals surface area contributed by atoms with Gasteiger partial charge in [0.2, 0.25) is 0 Å². The van der Waals surface area contributed by atoms with Crippen molar-refractivity contribution >= 4 is 16.1 Å². The van der Waals surface area contributed by atoms with Gasteiger partial charge in [-0.25, -0.2) is 4.79 Å². The first-order valence-corrected chi connectivity index (χ1v) is 8.24. The number of rotatable bonds is 10. The van der Waals surface area contributed by atoms with Crippen LogP contribution in [-0.2, 0) is 19.6 Å². The van der Waals surface area contributed by atoms with Crippen molar-refractivity contribution in [3.8, 4) is 0 Å². The number of nitrogens with zero attached hydrogens (tertiary/aromatic N) is 1. The Bertz CT molecular complexity index is 430. The first-order valence-electron chi connectivity index (χ1n) is 6.63. The fourth-order valence-electron chi connectivity index (χ4n) is 1.72. The summed E-state index contributed by atoms with van der Waals surface area (Å²) in [5.41, 5.74) is 0.393. The monoisotopic (exact) mass is 325 g/mol. The van der Waals surface area contributed by atoms with Gasteiger partial charge >= 0.3 is 5.97 Å². The van der Waals surface area contributed by atoms with E-state index in [0.29, 0.717) is 18.6 Å². The zero-order chi connectivity index (χ0) is 15.8. The largest absolute Gasteiger partial charge is 0.870 e. The second-order valence-electron chi connectivity index (χ2n) is 5.65. The molecule has 0 fully saturated rings. The molecule has 0 amide bonds. The van der Waals surface area contributed by atoms with E-state index in [4.69, 9.17) is 9.29 Å². The van der Waals surface area contributed by atoms with Crippen molar-refractivity contribution in [2.45, 2.75) is 26.2 Å². The standard InChI is InChI=1S/C13H25NO5S.H2O/c1-12(2)13(15)19-10-7-9-14(3,4)8-5-6-11-20(16,17)18;/h1,5-11H2,2-4H3;1H2. The minimum atomic E-state index is -3.85. The highest BCUT2D eigenvalue weighted by Gasteiger charge is 2.15. The molecule has 0 saturated carbocycles. The van der Waals surface area contributed by atoms with Crippen molar-refractivity contribution in [2.75, 3.05) is 39.5 Å². The van der Waals surface area contributed by atoms with Crippen LogP contribution in [0, 0.1) is 0 Å². The maximum atomic E-state index is 11.2. The second-order valence-corrected chi connectivity index (χ2v) is 7.22. The highest BCUT2D eigenvalue weighted by atomic mass is 32.2. The lowest BCUT2D eigenvalue weighted by Gasteiger charge is -2.29. The van der Waals surface area contributed by atoms with Crippen molar-refractivity contribution < 1.29 is 32.5 Å². The van der Waals surface area contributed by atoms with E-state index >= 15 is 0 Å². The van der Waals surface area contributed by atoms with E-state index < -0.39 is 10.1 Å². The van der Waals surface area contributed by atoms with Crippen molar-refractivity contribution in [3.05, 3.63) is 12.2 Å². The van der Waals surface area contributed by atoms with E-state index in [1.54, 1.807) is 6.92 Å². The molecule has 0 aromatic carbocycles. The molecule has 0 rings (SSSR count). The van der Waals surface area contributed by atoms with E-state index in [1.165, 1.54) is 0 Å². The molecule has 0 radical (unpaired) electrons. The van der Waals surface area contributed by atoms with Crippen LogP contribution < -0.4 is 0 Å². The molecule has 0 heterocycles. The summed E-state index contributed by atoms with van der Waals surface area (Å²) in [6.07, 6.45) is 1.91. The summed E-state index contributed by atoms with van der Waals surface area (Å²) in [6.45, 7) is 7.11. The average molecular weight is 325 g/mol. The van der Waals surface area contributed by atoms with Gasteiger partial charge in [0, 0.05) is 12.0 Å². The minimum Gasteiger partial charge on any atom is -0.870 e. The summed E-state index contributed by atoms with van der Waals surface area (Å²) in [5, 5.41) is 0. The minimum absolute atomic E-state index is 0. The summed E-state index contributed by atoms with van der Waals surface area (Å²) in [4.78, 5) is 11.2. The number of esters is 1. The third-order valence-electron chi connectivity index (χ3n) is 2.91. The lowest BCUT2D eigenvalue weighted by atomic mass is 10.2. The topological polar surface area (TPSA) is 111 Å². The molecule has 0 aliphatic heterocycles. The number of hydrogen-bond acceptors (Lipinski definition) is 5. The van der Waals surface area contributed by atoms with Gasteiger partial charge < -0.3 is 14.7 Å². The summed E-state index contributed by atoms with van der Waals surface area (Å²) in [5.74, 6) is -0.563. The number of carbonyl (C=O) groups is 1. The van der Waals surface area contributed by atoms with Crippen LogP contribution in [0.25, 0.3) is 0 Å². The molecule has 0 atom stereocenters. The number of unbranched alkanes of at least 4 members (excludes halogenated alkanes) is 1. The summed E-state index contributed by atoms with van der Waals surface area (Å²) < 4.78 is 35.5. The Morgan fingerprint density at radius 1 is 1.19 bits per heavy atom. The molecular formula is C13H27NO6S. The van der Waals surface area contributed by atoms with Crippen LogP contribution in [0.3, 0.4) is 0 Å². The van der Waals surface area contributed by atoms with E-state index in [1.807, 2.05) is 14.1 Å². The molecule has 7 nitrogen and oxygen atoms in total. The molecular weight excluding hydrogens is 298 g/mol. The first kappa shape index (κ1) is 22.3. The first-order chi connectivity index (χ1) is 9.03. The molecule has 0 aliphatic carbocycles. The third-order valence-corrected chi connectivity index (χ3v) is 3.71. The maximum absolute atomic E-state index is 11.2. The second kappa shape index (κ2) is 9.88. The molecule has 2 N–H and O–H groups in total. The van der Waals surface area contributed by atoms with Crippen LogP contribution in [0.2, 0.25) is 0 Å². The molecule has 0 spiro atoms. The number of hydrogen-bond donors (Lipinski definition) is 1. The lowest BCUT2D eigenvalue weighted by Crippen LogP contribution is -2.41. The van der Waals surface area contributed by atoms with Crippen molar-refractivity contribution in [2.24, 2.45) is 0 Å². The van der Waals surface area contributed by atoms with Crippen LogP contribution in [0.4, 0.5) is 0 Å². The molecule has 8 heteroatoms. The maximum Gasteiger partial charge on any atom is 0.333 e. The summed E-state index contributed by atoms with van der Waals surface area (Å²) in [6, 6.07) is 0. The van der Waals surface area contributed by atoms with Gasteiger partial charge in [-0.15, -0.1) is 0 Å². The van der Waals surface area contributed by atoms with Crippen LogP contribution in [0.15, 0.2) is 12.2 Å². The normalized spacial score (nSPS) is 11.6. The molecule has 0 saturated heterocycles. The van der Waals surface area contributed by atoms with E-state index in [2.05, 4.69) is 6.58 Å². The summed E-state index contributed by atoms with van der Waals surface area (Å²) in [7, 11) is 0.218. The van der Waals surface area contributed by atoms with Gasteiger partial charge in [-0.2, -0.15) is 8.42 Å². The Morgan fingerprint density at radius 2 is 1.71 bits per heavy atom. The SMILES string of the molecule is C=C(C)C(=O)OCCC[N+](C)(C)CCCCS(=O)(=O)O.[OH-]. The Hall–Kier alpha value is -0.960. The Morgan fingerprint density at radius 3 is 2.19 bits per heavy atom. The molecule has 0 aromatic heterocycles. The smallest absolute Gasteiger partial charge is 0.333 e. The quantitative estimate of drug-likeness (QED) is 0.211. The Balaban J connectivity index is 0. The van der Waals surface area contributed by atoms with E-state index in [-0.39, 0.29) is 17.2 Å². The van der Waals surface area contributed by atoms with Gasteiger partial charge in [0.25, 0.3) is 10.1 Å². The van der Waals surface area contributed by atoms with Crippen LogP contribution in [-0.4, -0.2) is 68.4 Å². The highest BCUT2D eigenvalue weighted by molar-refractivity contribution is 7.85. The number of ether oxygens (including phenoxy) is 1. The molecule has 0 aromatic rings. The fourth-order valence-corrected chi connectivity index (χ4v) is 2.29. The zero-order valence-electron chi connectivity index (χ0n) is 13.0. The molecule has 0 aliphatic rings. The number of carbonyl (C=O) groups excluding carboxylic acids is 1. The van der Waals surface area contributed by atoms with E-state index in [0.717, 1.165) is 30.4 Å². The van der Waals surface area contributed by atoms with E-state index in [9.17, 15) is 13.2 Å². The fraction of sp³-hybridized carbons (Fsp3) is 0.769. The van der Waals surface area contributed by atoms with Crippen LogP contribution in [0.5, 0.6) is 0 Å². The highest BCUT2D eigenvalue weighted by Crippen LogP contribution is 2.05. The van der Waals surface area contributed by atoms with Gasteiger partial charge in [-0.1, -0.05) is 6.58 Å². The van der Waals surface area contributed by atoms with Crippen LogP contribution >= 0.6 is 0 Å². The van der Waals surface area contributed by atoms with Crippen molar-refractivity contribution in [3.63, 3.8) is 0 Å². The molecule has 126 valence electrons. The van der Waals surface area contributed by atoms with Gasteiger partial charge in [-0.3, -0.25) is 4.55 Å². The van der Waals surface area contributed by atoms with Crippen LogP contribution in [0.1, 0.15) is 26.2 Å². The van der Waals surface area contributed by atoms with Gasteiger partial charge in [-0.05, 0) is 19.8 Å².